The quantitative estimate of drug-likeness (QED) is 0.694. The molecule has 2 aromatic carbocycles. The summed E-state index contributed by atoms with van der Waals surface area (Å²) in [5, 5.41) is 9.85. The average Bonchev–Trinajstić information content (AvgIpc) is 2.78. The Hall–Kier alpha value is -2.14. The molecule has 0 fully saturated rings. The molecule has 112 valence electrons. The second kappa shape index (κ2) is 5.93. The summed E-state index contributed by atoms with van der Waals surface area (Å²) in [5.41, 5.74) is 0.330. The van der Waals surface area contributed by atoms with Gasteiger partial charge in [-0.1, -0.05) is 0 Å². The Morgan fingerprint density at radius 1 is 1.14 bits per heavy atom. The number of carbonyl (C=O) groups is 1. The van der Waals surface area contributed by atoms with Crippen LogP contribution in [-0.4, -0.2) is 28.6 Å². The summed E-state index contributed by atoms with van der Waals surface area (Å²) in [5.74, 6) is -1.14. The number of carboxylic acid groups (broad SMARTS) is 1. The molecule has 0 aliphatic heterocycles. The zero-order chi connectivity index (χ0) is 15.7. The van der Waals surface area contributed by atoms with Gasteiger partial charge in [-0.3, -0.25) is 0 Å². The van der Waals surface area contributed by atoms with E-state index >= 15 is 0 Å². The molecule has 1 N–H and O–H groups in total. The zero-order valence-electron chi connectivity index (χ0n) is 11.5. The molecule has 1 aromatic heterocycles. The number of fused-ring (bicyclic) bond motifs is 1. The fourth-order valence-corrected chi connectivity index (χ4v) is 5.39. The standard InChI is InChI=1S/C16H13NO4Se/c18-15-12-8-4-5-9-14(12)22(21)17(15)13(16(19)20)10-11-6-2-1-3-7-11/h1-9,13H,10H2,(H,19,20)/t13-,22?/m0/s1. The van der Waals surface area contributed by atoms with Gasteiger partial charge in [0.15, 0.2) is 0 Å². The van der Waals surface area contributed by atoms with Crippen molar-refractivity contribution in [2.75, 3.05) is 0 Å². The van der Waals surface area contributed by atoms with Gasteiger partial charge in [-0.15, -0.1) is 0 Å². The van der Waals surface area contributed by atoms with Crippen LogP contribution in [0.15, 0.2) is 59.4 Å². The van der Waals surface area contributed by atoms with Crippen LogP contribution in [0.3, 0.4) is 0 Å². The van der Waals surface area contributed by atoms with Crippen molar-refractivity contribution in [3.63, 3.8) is 0 Å². The average molecular weight is 362 g/mol. The van der Waals surface area contributed by atoms with Gasteiger partial charge in [0.2, 0.25) is 0 Å². The van der Waals surface area contributed by atoms with E-state index in [2.05, 4.69) is 0 Å². The molecule has 0 radical (unpaired) electrons. The predicted octanol–water partition coefficient (Wildman–Crippen LogP) is 0.738. The third-order valence-electron chi connectivity index (χ3n) is 3.52. The second-order valence-corrected chi connectivity index (χ2v) is 7.71. The van der Waals surface area contributed by atoms with E-state index in [9.17, 15) is 18.9 Å². The van der Waals surface area contributed by atoms with E-state index < -0.39 is 31.6 Å². The van der Waals surface area contributed by atoms with E-state index in [0.717, 1.165) is 9.13 Å². The minimum absolute atomic E-state index is 0.137. The molecule has 0 aliphatic carbocycles. The summed E-state index contributed by atoms with van der Waals surface area (Å²) in [6.45, 7) is 0. The summed E-state index contributed by atoms with van der Waals surface area (Å²) >= 11 is -2.87. The molecule has 6 heteroatoms. The fourth-order valence-electron chi connectivity index (χ4n) is 2.46. The van der Waals surface area contributed by atoms with Gasteiger partial charge in [0.05, 0.1) is 0 Å². The summed E-state index contributed by atoms with van der Waals surface area (Å²) in [6.07, 6.45) is 0.137. The van der Waals surface area contributed by atoms with Crippen LogP contribution in [-0.2, 0) is 11.2 Å². The van der Waals surface area contributed by atoms with Crippen molar-refractivity contribution in [1.29, 1.82) is 0 Å². The van der Waals surface area contributed by atoms with Crippen LogP contribution >= 0.6 is 0 Å². The molecule has 0 amide bonds. The van der Waals surface area contributed by atoms with Crippen LogP contribution in [0.2, 0.25) is 0 Å². The first kappa shape index (κ1) is 14.8. The monoisotopic (exact) mass is 363 g/mol. The Morgan fingerprint density at radius 3 is 2.41 bits per heavy atom. The van der Waals surface area contributed by atoms with E-state index in [1.54, 1.807) is 48.5 Å². The van der Waals surface area contributed by atoms with Crippen molar-refractivity contribution in [2.45, 2.75) is 12.5 Å². The number of benzene rings is 2. The topological polar surface area (TPSA) is 82.4 Å². The first-order valence-electron chi connectivity index (χ1n) is 6.71. The third-order valence-corrected chi connectivity index (χ3v) is 6.69. The second-order valence-electron chi connectivity index (χ2n) is 4.92. The van der Waals surface area contributed by atoms with Gasteiger partial charge in [0.1, 0.15) is 0 Å². The molecule has 0 aliphatic rings. The van der Waals surface area contributed by atoms with E-state index in [-0.39, 0.29) is 6.42 Å². The van der Waals surface area contributed by atoms with E-state index in [0.29, 0.717) is 9.65 Å². The Balaban J connectivity index is 2.14. The van der Waals surface area contributed by atoms with Crippen molar-refractivity contribution in [2.24, 2.45) is 0 Å². The number of hydrogen-bond donors (Lipinski definition) is 1. The Kier molecular flexibility index (Phi) is 3.98. The molecule has 3 aromatic rings. The maximum atomic E-state index is 12.6. The number of aromatic nitrogens is 1. The molecular formula is C16H13NO4Se. The molecule has 0 saturated carbocycles. The zero-order valence-corrected chi connectivity index (χ0v) is 13.2. The van der Waals surface area contributed by atoms with E-state index in [4.69, 9.17) is 0 Å². The van der Waals surface area contributed by atoms with Gasteiger partial charge in [0, 0.05) is 0 Å². The molecule has 2 atom stereocenters. The van der Waals surface area contributed by atoms with E-state index in [1.165, 1.54) is 0 Å². The molecule has 0 saturated heterocycles. The van der Waals surface area contributed by atoms with Crippen molar-refractivity contribution in [3.8, 4) is 0 Å². The fraction of sp³-hybridized carbons (Fsp3) is 0.125. The Labute approximate surface area is 130 Å². The number of carboxylic acids is 1. The van der Waals surface area contributed by atoms with Crippen LogP contribution in [0.25, 0.3) is 9.65 Å². The number of aliphatic carboxylic acids is 1. The summed E-state index contributed by atoms with van der Waals surface area (Å²) in [7, 11) is 0. The van der Waals surface area contributed by atoms with Crippen LogP contribution in [0, 0.1) is 0 Å². The summed E-state index contributed by atoms with van der Waals surface area (Å²) < 4.78 is 14.1. The summed E-state index contributed by atoms with van der Waals surface area (Å²) in [6, 6.07) is 14.5. The molecule has 1 heterocycles. The van der Waals surface area contributed by atoms with Crippen LogP contribution < -0.4 is 9.75 Å². The van der Waals surface area contributed by atoms with Crippen molar-refractivity contribution < 1.29 is 14.1 Å². The first-order valence-corrected chi connectivity index (χ1v) is 9.03. The molecule has 5 nitrogen and oxygen atoms in total. The van der Waals surface area contributed by atoms with Gasteiger partial charge < -0.3 is 0 Å². The molecule has 0 bridgehead atoms. The SMILES string of the molecule is O=C(O)[C@H](Cc1ccccc1)n1c(=O)c2ccccc2[se+]1[O-]. The van der Waals surface area contributed by atoms with Crippen molar-refractivity contribution >= 4 is 29.6 Å². The first-order chi connectivity index (χ1) is 10.6. The van der Waals surface area contributed by atoms with Crippen LogP contribution in [0.5, 0.6) is 0 Å². The van der Waals surface area contributed by atoms with Crippen molar-refractivity contribution in [1.82, 2.24) is 3.56 Å². The molecule has 22 heavy (non-hydrogen) atoms. The number of nitrogens with zero attached hydrogens (tertiary/aromatic N) is 1. The normalized spacial score (nSPS) is 13.2. The molecular weight excluding hydrogens is 349 g/mol. The van der Waals surface area contributed by atoms with Gasteiger partial charge in [0.25, 0.3) is 0 Å². The molecule has 3 rings (SSSR count). The van der Waals surface area contributed by atoms with Crippen LogP contribution in [0.4, 0.5) is 0 Å². The van der Waals surface area contributed by atoms with Gasteiger partial charge >= 0.3 is 130 Å². The molecule has 1 unspecified atom stereocenters. The number of rotatable bonds is 4. The maximum absolute atomic E-state index is 12.6. The van der Waals surface area contributed by atoms with Crippen LogP contribution in [0.1, 0.15) is 11.6 Å². The number of hydrogen-bond acceptors (Lipinski definition) is 3. The summed E-state index contributed by atoms with van der Waals surface area (Å²) in [4.78, 5) is 24.1. The minimum atomic E-state index is -2.87. The Morgan fingerprint density at radius 2 is 1.77 bits per heavy atom. The predicted molar refractivity (Wildman–Crippen MR) is 82.0 cm³/mol. The molecule has 0 spiro atoms. The van der Waals surface area contributed by atoms with Gasteiger partial charge in [-0.2, -0.15) is 0 Å². The van der Waals surface area contributed by atoms with Gasteiger partial charge in [-0.25, -0.2) is 0 Å². The third kappa shape index (κ3) is 2.52. The van der Waals surface area contributed by atoms with Gasteiger partial charge in [-0.05, 0) is 0 Å². The van der Waals surface area contributed by atoms with Crippen molar-refractivity contribution in [3.05, 3.63) is 70.5 Å². The van der Waals surface area contributed by atoms with E-state index in [1.807, 2.05) is 6.07 Å². The Bertz CT molecular complexity index is 882.